The Kier molecular flexibility index (Phi) is 6.76. The molecule has 0 saturated carbocycles. The van der Waals surface area contributed by atoms with Gasteiger partial charge in [0.25, 0.3) is 0 Å². The molecule has 2 aromatic rings. The molecule has 2 N–H and O–H groups in total. The number of methoxy groups -OCH3 is 1. The fraction of sp³-hybridized carbons (Fsp3) is 0.250. The van der Waals surface area contributed by atoms with Gasteiger partial charge in [0, 0.05) is 17.8 Å². The van der Waals surface area contributed by atoms with Gasteiger partial charge in [-0.2, -0.15) is 0 Å². The quantitative estimate of drug-likeness (QED) is 0.713. The highest BCUT2D eigenvalue weighted by Crippen LogP contribution is 2.25. The number of anilines is 1. The molecule has 0 atom stereocenters. The second-order valence-corrected chi connectivity index (χ2v) is 8.06. The van der Waals surface area contributed by atoms with Crippen molar-refractivity contribution in [3.8, 4) is 5.75 Å². The van der Waals surface area contributed by atoms with E-state index in [1.165, 1.54) is 19.3 Å². The first-order valence-corrected chi connectivity index (χ1v) is 9.95. The van der Waals surface area contributed by atoms with E-state index < -0.39 is 10.0 Å². The molecule has 7 heteroatoms. The van der Waals surface area contributed by atoms with Gasteiger partial charge in [-0.1, -0.05) is 18.2 Å². The van der Waals surface area contributed by atoms with Crippen LogP contribution in [0.3, 0.4) is 0 Å². The van der Waals surface area contributed by atoms with Crippen LogP contribution in [-0.4, -0.2) is 27.5 Å². The Morgan fingerprint density at radius 3 is 2.52 bits per heavy atom. The molecule has 0 aliphatic carbocycles. The SMILES string of the molecule is COc1ccc(/C=C/C(=O)Nc2cccc(C)c2)cc1S(=O)(=O)NC(C)C. The molecule has 0 radical (unpaired) electrons. The molecular formula is C20H24N2O4S. The number of hydrogen-bond acceptors (Lipinski definition) is 4. The molecule has 2 rings (SSSR count). The van der Waals surface area contributed by atoms with Gasteiger partial charge in [0.2, 0.25) is 15.9 Å². The van der Waals surface area contributed by atoms with Crippen molar-refractivity contribution in [2.45, 2.75) is 31.7 Å². The maximum absolute atomic E-state index is 12.5. The van der Waals surface area contributed by atoms with E-state index in [4.69, 9.17) is 4.74 Å². The number of hydrogen-bond donors (Lipinski definition) is 2. The fourth-order valence-electron chi connectivity index (χ4n) is 2.46. The lowest BCUT2D eigenvalue weighted by molar-refractivity contribution is -0.111. The molecule has 2 aromatic carbocycles. The van der Waals surface area contributed by atoms with Crippen molar-refractivity contribution in [2.75, 3.05) is 12.4 Å². The predicted molar refractivity (Wildman–Crippen MR) is 107 cm³/mol. The maximum atomic E-state index is 12.5. The molecule has 0 aliphatic heterocycles. The van der Waals surface area contributed by atoms with E-state index >= 15 is 0 Å². The minimum absolute atomic E-state index is 0.0277. The zero-order valence-electron chi connectivity index (χ0n) is 15.8. The van der Waals surface area contributed by atoms with E-state index in [9.17, 15) is 13.2 Å². The number of sulfonamides is 1. The van der Waals surface area contributed by atoms with Crippen molar-refractivity contribution in [3.05, 3.63) is 59.7 Å². The van der Waals surface area contributed by atoms with Gasteiger partial charge in [-0.25, -0.2) is 13.1 Å². The summed E-state index contributed by atoms with van der Waals surface area (Å²) in [5, 5.41) is 2.77. The summed E-state index contributed by atoms with van der Waals surface area (Å²) in [6.45, 7) is 5.42. The molecule has 0 spiro atoms. The summed E-state index contributed by atoms with van der Waals surface area (Å²) < 4.78 is 32.7. The van der Waals surface area contributed by atoms with E-state index in [1.54, 1.807) is 38.1 Å². The third-order valence-corrected chi connectivity index (χ3v) is 5.26. The molecule has 0 unspecified atom stereocenters. The number of benzene rings is 2. The predicted octanol–water partition coefficient (Wildman–Crippen LogP) is 3.34. The number of rotatable bonds is 7. The zero-order valence-corrected chi connectivity index (χ0v) is 16.6. The number of aryl methyl sites for hydroxylation is 1. The number of amides is 1. The monoisotopic (exact) mass is 388 g/mol. The Bertz CT molecular complexity index is 950. The van der Waals surface area contributed by atoms with Gasteiger partial charge in [-0.15, -0.1) is 0 Å². The van der Waals surface area contributed by atoms with Crippen LogP contribution in [0.2, 0.25) is 0 Å². The Hall–Kier alpha value is -2.64. The van der Waals surface area contributed by atoms with Crippen molar-refractivity contribution in [1.29, 1.82) is 0 Å². The van der Waals surface area contributed by atoms with Gasteiger partial charge < -0.3 is 10.1 Å². The summed E-state index contributed by atoms with van der Waals surface area (Å²) in [4.78, 5) is 12.1. The Morgan fingerprint density at radius 2 is 1.89 bits per heavy atom. The summed E-state index contributed by atoms with van der Waals surface area (Å²) in [6.07, 6.45) is 2.91. The third kappa shape index (κ3) is 5.94. The van der Waals surface area contributed by atoms with Crippen molar-refractivity contribution >= 4 is 27.7 Å². The molecule has 0 fully saturated rings. The molecule has 6 nitrogen and oxygen atoms in total. The molecule has 1 amide bonds. The Labute approximate surface area is 160 Å². The lowest BCUT2D eigenvalue weighted by Crippen LogP contribution is -2.30. The van der Waals surface area contributed by atoms with Crippen molar-refractivity contribution < 1.29 is 17.9 Å². The number of nitrogens with one attached hydrogen (secondary N) is 2. The first-order valence-electron chi connectivity index (χ1n) is 8.47. The van der Waals surface area contributed by atoms with Gasteiger partial charge in [0.1, 0.15) is 10.6 Å². The van der Waals surface area contributed by atoms with Crippen LogP contribution in [0.1, 0.15) is 25.0 Å². The summed E-state index contributed by atoms with van der Waals surface area (Å²) in [5.41, 5.74) is 2.31. The molecule has 0 aromatic heterocycles. The second-order valence-electron chi connectivity index (χ2n) is 6.38. The molecule has 144 valence electrons. The minimum Gasteiger partial charge on any atom is -0.495 e. The van der Waals surface area contributed by atoms with Crippen molar-refractivity contribution in [1.82, 2.24) is 4.72 Å². The third-order valence-electron chi connectivity index (χ3n) is 3.58. The first kappa shape index (κ1) is 20.7. The average Bonchev–Trinajstić information content (AvgIpc) is 2.58. The highest BCUT2D eigenvalue weighted by Gasteiger charge is 2.20. The fourth-order valence-corrected chi connectivity index (χ4v) is 3.91. The van der Waals surface area contributed by atoms with Gasteiger partial charge in [-0.3, -0.25) is 4.79 Å². The lowest BCUT2D eigenvalue weighted by atomic mass is 10.2. The van der Waals surface area contributed by atoms with Crippen LogP contribution in [-0.2, 0) is 14.8 Å². The van der Waals surface area contributed by atoms with Crippen LogP contribution >= 0.6 is 0 Å². The molecule has 0 saturated heterocycles. The smallest absolute Gasteiger partial charge is 0.248 e. The van der Waals surface area contributed by atoms with E-state index in [0.717, 1.165) is 5.56 Å². The summed E-state index contributed by atoms with van der Waals surface area (Å²) in [5.74, 6) is -0.0642. The second kappa shape index (κ2) is 8.83. The maximum Gasteiger partial charge on any atom is 0.248 e. The Balaban J connectivity index is 2.22. The van der Waals surface area contributed by atoms with Gasteiger partial charge >= 0.3 is 0 Å². The van der Waals surface area contributed by atoms with Crippen LogP contribution in [0, 0.1) is 6.92 Å². The average molecular weight is 388 g/mol. The lowest BCUT2D eigenvalue weighted by Gasteiger charge is -2.13. The molecule has 0 aliphatic rings. The summed E-state index contributed by atoms with van der Waals surface area (Å²) in [7, 11) is -2.31. The van der Waals surface area contributed by atoms with Crippen LogP contribution in [0.4, 0.5) is 5.69 Å². The van der Waals surface area contributed by atoms with E-state index in [0.29, 0.717) is 11.3 Å². The van der Waals surface area contributed by atoms with Crippen LogP contribution in [0.25, 0.3) is 6.08 Å². The van der Waals surface area contributed by atoms with Crippen LogP contribution in [0.5, 0.6) is 5.75 Å². The number of carbonyl (C=O) groups excluding carboxylic acids is 1. The molecule has 0 bridgehead atoms. The van der Waals surface area contributed by atoms with Crippen molar-refractivity contribution in [2.24, 2.45) is 0 Å². The molecule has 0 heterocycles. The normalized spacial score (nSPS) is 11.7. The van der Waals surface area contributed by atoms with E-state index in [-0.39, 0.29) is 22.6 Å². The van der Waals surface area contributed by atoms with E-state index in [1.807, 2.05) is 25.1 Å². The van der Waals surface area contributed by atoms with Gasteiger partial charge in [-0.05, 0) is 62.2 Å². The number of ether oxygens (including phenoxy) is 1. The Morgan fingerprint density at radius 1 is 1.15 bits per heavy atom. The van der Waals surface area contributed by atoms with E-state index in [2.05, 4.69) is 10.0 Å². The first-order chi connectivity index (χ1) is 12.7. The standard InChI is InChI=1S/C20H24N2O4S/c1-14(2)22-27(24,25)19-13-16(8-10-18(19)26-4)9-11-20(23)21-17-7-5-6-15(3)12-17/h5-14,22H,1-4H3,(H,21,23)/b11-9+. The minimum atomic E-state index is -3.73. The van der Waals surface area contributed by atoms with Crippen LogP contribution in [0.15, 0.2) is 53.4 Å². The largest absolute Gasteiger partial charge is 0.495 e. The summed E-state index contributed by atoms with van der Waals surface area (Å²) in [6, 6.07) is 11.9. The van der Waals surface area contributed by atoms with Crippen LogP contribution < -0.4 is 14.8 Å². The topological polar surface area (TPSA) is 84.5 Å². The molecular weight excluding hydrogens is 364 g/mol. The van der Waals surface area contributed by atoms with Gasteiger partial charge in [0.15, 0.2) is 0 Å². The highest BCUT2D eigenvalue weighted by molar-refractivity contribution is 7.89. The zero-order chi connectivity index (χ0) is 20.0. The number of carbonyl (C=O) groups is 1. The van der Waals surface area contributed by atoms with Crippen molar-refractivity contribution in [3.63, 3.8) is 0 Å². The highest BCUT2D eigenvalue weighted by atomic mass is 32.2. The molecule has 27 heavy (non-hydrogen) atoms. The summed E-state index contributed by atoms with van der Waals surface area (Å²) >= 11 is 0. The van der Waals surface area contributed by atoms with Gasteiger partial charge in [0.05, 0.1) is 7.11 Å².